The number of ether oxygens (including phenoxy) is 2. The molecule has 35 heavy (non-hydrogen) atoms. The van der Waals surface area contributed by atoms with E-state index >= 15 is 0 Å². The lowest BCUT2D eigenvalue weighted by Gasteiger charge is -2.37. The molecule has 1 fully saturated rings. The number of hydrogen-bond acceptors (Lipinski definition) is 5. The molecule has 0 saturated heterocycles. The summed E-state index contributed by atoms with van der Waals surface area (Å²) in [7, 11) is 1.61. The molecule has 2 aliphatic rings. The monoisotopic (exact) mass is 510 g/mol. The van der Waals surface area contributed by atoms with Crippen molar-refractivity contribution in [3.8, 4) is 11.5 Å². The molecule has 1 aromatic heterocycles. The van der Waals surface area contributed by atoms with Crippen molar-refractivity contribution in [3.63, 3.8) is 0 Å². The van der Waals surface area contributed by atoms with Gasteiger partial charge in [0.1, 0.15) is 13.2 Å². The molecule has 8 heteroatoms. The lowest BCUT2D eigenvalue weighted by atomic mass is 10.0. The van der Waals surface area contributed by atoms with Crippen LogP contribution in [0.4, 0.5) is 0 Å². The van der Waals surface area contributed by atoms with Crippen molar-refractivity contribution in [2.24, 2.45) is 0 Å². The van der Waals surface area contributed by atoms with Crippen molar-refractivity contribution in [1.29, 1.82) is 0 Å². The Bertz CT molecular complexity index is 1230. The van der Waals surface area contributed by atoms with E-state index in [-0.39, 0.29) is 30.4 Å². The van der Waals surface area contributed by atoms with Gasteiger partial charge in [-0.3, -0.25) is 9.59 Å². The third-order valence-electron chi connectivity index (χ3n) is 6.54. The molecule has 3 aromatic rings. The van der Waals surface area contributed by atoms with Crippen LogP contribution in [0.15, 0.2) is 60.0 Å². The van der Waals surface area contributed by atoms with Crippen LogP contribution < -0.4 is 9.47 Å². The van der Waals surface area contributed by atoms with E-state index in [1.165, 1.54) is 4.88 Å². The van der Waals surface area contributed by atoms with Crippen molar-refractivity contribution in [2.45, 2.75) is 31.3 Å². The van der Waals surface area contributed by atoms with Gasteiger partial charge in [0.25, 0.3) is 5.91 Å². The Morgan fingerprint density at radius 3 is 2.57 bits per heavy atom. The highest BCUT2D eigenvalue weighted by atomic mass is 35.5. The number of carbonyl (C=O) groups excluding carboxylic acids is 2. The molecule has 1 aliphatic heterocycles. The number of para-hydroxylation sites is 2. The Balaban J connectivity index is 1.36. The summed E-state index contributed by atoms with van der Waals surface area (Å²) >= 11 is 8.00. The van der Waals surface area contributed by atoms with Crippen molar-refractivity contribution < 1.29 is 19.1 Å². The first-order valence-electron chi connectivity index (χ1n) is 11.7. The smallest absolute Gasteiger partial charge is 0.256 e. The van der Waals surface area contributed by atoms with Crippen molar-refractivity contribution in [1.82, 2.24) is 9.80 Å². The Morgan fingerprint density at radius 1 is 1.09 bits per heavy atom. The van der Waals surface area contributed by atoms with Crippen molar-refractivity contribution in [2.75, 3.05) is 26.8 Å². The fourth-order valence-electron chi connectivity index (χ4n) is 4.56. The summed E-state index contributed by atoms with van der Waals surface area (Å²) in [4.78, 5) is 31.8. The minimum atomic E-state index is -0.237. The zero-order valence-electron chi connectivity index (χ0n) is 19.5. The molecule has 5 rings (SSSR count). The second-order valence-electron chi connectivity index (χ2n) is 8.76. The molecule has 2 heterocycles. The van der Waals surface area contributed by atoms with Crippen LogP contribution in [0, 0.1) is 0 Å². The first kappa shape index (κ1) is 23.7. The zero-order chi connectivity index (χ0) is 24.4. The fourth-order valence-corrected chi connectivity index (χ4v) is 5.70. The van der Waals surface area contributed by atoms with Crippen LogP contribution in [-0.2, 0) is 11.2 Å². The number of halogens is 1. The Labute approximate surface area is 214 Å². The first-order chi connectivity index (χ1) is 17.1. The SMILES string of the molecule is COc1ccccc1OCC1c2ccsc2CCN1C(=O)CN(C(=O)c1ccccc1Cl)C1CC1. The second-order valence-corrected chi connectivity index (χ2v) is 10.2. The summed E-state index contributed by atoms with van der Waals surface area (Å²) in [5.74, 6) is 1.01. The average Bonchev–Trinajstić information content (AvgIpc) is 3.61. The molecule has 0 bridgehead atoms. The van der Waals surface area contributed by atoms with Gasteiger partial charge < -0.3 is 19.3 Å². The normalized spacial score (nSPS) is 17.0. The summed E-state index contributed by atoms with van der Waals surface area (Å²) in [6, 6.07) is 16.4. The van der Waals surface area contributed by atoms with E-state index in [1.54, 1.807) is 47.6 Å². The largest absolute Gasteiger partial charge is 0.493 e. The van der Waals surface area contributed by atoms with Crippen LogP contribution in [0.3, 0.4) is 0 Å². The van der Waals surface area contributed by atoms with Crippen LogP contribution in [0.25, 0.3) is 0 Å². The summed E-state index contributed by atoms with van der Waals surface area (Å²) in [5, 5.41) is 2.46. The van der Waals surface area contributed by atoms with Crippen LogP contribution >= 0.6 is 22.9 Å². The number of amides is 2. The lowest BCUT2D eigenvalue weighted by molar-refractivity contribution is -0.135. The number of hydrogen-bond donors (Lipinski definition) is 0. The molecule has 0 radical (unpaired) electrons. The third-order valence-corrected chi connectivity index (χ3v) is 7.87. The molecular weight excluding hydrogens is 484 g/mol. The maximum absolute atomic E-state index is 13.7. The topological polar surface area (TPSA) is 59.1 Å². The summed E-state index contributed by atoms with van der Waals surface area (Å²) in [6.45, 7) is 0.919. The molecule has 1 atom stereocenters. The van der Waals surface area contributed by atoms with Gasteiger partial charge >= 0.3 is 0 Å². The van der Waals surface area contributed by atoms with Gasteiger partial charge in [-0.1, -0.05) is 35.9 Å². The summed E-state index contributed by atoms with van der Waals surface area (Å²) in [6.07, 6.45) is 2.60. The van der Waals surface area contributed by atoms with Gasteiger partial charge in [-0.05, 0) is 60.5 Å². The molecule has 1 unspecified atom stereocenters. The molecule has 1 aliphatic carbocycles. The predicted octanol–water partition coefficient (Wildman–Crippen LogP) is 5.22. The van der Waals surface area contributed by atoms with Gasteiger partial charge in [0.05, 0.1) is 23.7 Å². The van der Waals surface area contributed by atoms with Gasteiger partial charge in [0, 0.05) is 17.5 Å². The Kier molecular flexibility index (Phi) is 6.97. The zero-order valence-corrected chi connectivity index (χ0v) is 21.1. The van der Waals surface area contributed by atoms with E-state index in [1.807, 2.05) is 29.2 Å². The first-order valence-corrected chi connectivity index (χ1v) is 13.0. The van der Waals surface area contributed by atoms with Gasteiger partial charge in [0.15, 0.2) is 11.5 Å². The molecule has 0 N–H and O–H groups in total. The molecule has 6 nitrogen and oxygen atoms in total. The Hall–Kier alpha value is -3.03. The maximum atomic E-state index is 13.7. The highest BCUT2D eigenvalue weighted by Crippen LogP contribution is 2.36. The Morgan fingerprint density at radius 2 is 1.83 bits per heavy atom. The molecule has 0 spiro atoms. The second kappa shape index (κ2) is 10.3. The highest BCUT2D eigenvalue weighted by Gasteiger charge is 2.38. The number of carbonyl (C=O) groups is 2. The lowest BCUT2D eigenvalue weighted by Crippen LogP contribution is -2.48. The molecule has 182 valence electrons. The van der Waals surface area contributed by atoms with Gasteiger partial charge in [-0.25, -0.2) is 0 Å². The molecule has 2 aromatic carbocycles. The van der Waals surface area contributed by atoms with Crippen molar-refractivity contribution >= 4 is 34.8 Å². The average molecular weight is 511 g/mol. The maximum Gasteiger partial charge on any atom is 0.256 e. The highest BCUT2D eigenvalue weighted by molar-refractivity contribution is 7.10. The number of benzene rings is 2. The van der Waals surface area contributed by atoms with E-state index in [0.717, 1.165) is 24.8 Å². The predicted molar refractivity (Wildman–Crippen MR) is 136 cm³/mol. The van der Waals surface area contributed by atoms with Crippen LogP contribution in [-0.4, -0.2) is 54.5 Å². The number of thiophene rings is 1. The summed E-state index contributed by atoms with van der Waals surface area (Å²) in [5.41, 5.74) is 1.54. The minimum Gasteiger partial charge on any atom is -0.493 e. The molecular formula is C27H27ClN2O4S. The van der Waals surface area contributed by atoms with E-state index in [2.05, 4.69) is 11.4 Å². The van der Waals surface area contributed by atoms with Crippen molar-refractivity contribution in [3.05, 3.63) is 81.0 Å². The van der Waals surface area contributed by atoms with Crippen LogP contribution in [0.2, 0.25) is 5.02 Å². The summed E-state index contributed by atoms with van der Waals surface area (Å²) < 4.78 is 11.6. The molecule has 1 saturated carbocycles. The number of methoxy groups -OCH3 is 1. The van der Waals surface area contributed by atoms with Crippen LogP contribution in [0.5, 0.6) is 11.5 Å². The van der Waals surface area contributed by atoms with E-state index < -0.39 is 0 Å². The number of rotatable bonds is 8. The van der Waals surface area contributed by atoms with Crippen LogP contribution in [0.1, 0.15) is 39.7 Å². The minimum absolute atomic E-state index is 0.0271. The van der Waals surface area contributed by atoms with E-state index in [9.17, 15) is 9.59 Å². The third kappa shape index (κ3) is 5.02. The van der Waals surface area contributed by atoms with Gasteiger partial charge in [-0.2, -0.15) is 0 Å². The number of nitrogens with zero attached hydrogens (tertiary/aromatic N) is 2. The van der Waals surface area contributed by atoms with Gasteiger partial charge in [0.2, 0.25) is 5.91 Å². The molecule has 2 amide bonds. The number of fused-ring (bicyclic) bond motifs is 1. The van der Waals surface area contributed by atoms with E-state index in [0.29, 0.717) is 35.2 Å². The fraction of sp³-hybridized carbons (Fsp3) is 0.333. The standard InChI is InChI=1S/C27H27ClN2O4S/c1-33-23-8-4-5-9-24(23)34-17-22-20-13-15-35-25(20)12-14-29(22)26(31)16-30(18-10-11-18)27(32)19-6-2-3-7-21(19)28/h2-9,13,15,18,22H,10-12,14,16-17H2,1H3. The quantitative estimate of drug-likeness (QED) is 0.417. The van der Waals surface area contributed by atoms with Gasteiger partial charge in [-0.15, -0.1) is 11.3 Å². The van der Waals surface area contributed by atoms with E-state index in [4.69, 9.17) is 21.1 Å².